The third-order valence-electron chi connectivity index (χ3n) is 1.99. The summed E-state index contributed by atoms with van der Waals surface area (Å²) in [6.07, 6.45) is 3.65. The number of hydrogen-bond donors (Lipinski definition) is 3. The minimum absolute atomic E-state index is 0.380. The van der Waals surface area contributed by atoms with Crippen LogP contribution < -0.4 is 16.4 Å². The molecule has 0 aliphatic heterocycles. The van der Waals surface area contributed by atoms with Crippen LogP contribution in [-0.2, 0) is 6.54 Å². The van der Waals surface area contributed by atoms with Crippen molar-refractivity contribution in [1.29, 1.82) is 5.26 Å². The summed E-state index contributed by atoms with van der Waals surface area (Å²) in [6.45, 7) is 0.380. The van der Waals surface area contributed by atoms with Crippen LogP contribution in [0.2, 0.25) is 0 Å². The van der Waals surface area contributed by atoms with Gasteiger partial charge < -0.3 is 11.1 Å². The molecule has 0 aliphatic carbocycles. The summed E-state index contributed by atoms with van der Waals surface area (Å²) in [7, 11) is 0. The van der Waals surface area contributed by atoms with Gasteiger partial charge in [-0.1, -0.05) is 23.9 Å². The number of nitriles is 1. The maximum Gasteiger partial charge on any atom is 0.312 e. The van der Waals surface area contributed by atoms with E-state index < -0.39 is 6.03 Å². The number of nitrogens with zero attached hydrogens (tertiary/aromatic N) is 2. The van der Waals surface area contributed by atoms with Crippen LogP contribution in [0, 0.1) is 11.5 Å². The van der Waals surface area contributed by atoms with Crippen molar-refractivity contribution in [3.63, 3.8) is 0 Å². The molecule has 2 amide bonds. The highest BCUT2D eigenvalue weighted by atomic mass is 32.2. The molecule has 1 aromatic rings. The molecule has 0 heterocycles. The third kappa shape index (κ3) is 4.76. The highest BCUT2D eigenvalue weighted by Crippen LogP contribution is 2.14. The smallest absolute Gasteiger partial charge is 0.312 e. The summed E-state index contributed by atoms with van der Waals surface area (Å²) in [4.78, 5) is 14.8. The predicted octanol–water partition coefficient (Wildman–Crippen LogP) is 1.28. The Balaban J connectivity index is 2.70. The van der Waals surface area contributed by atoms with Gasteiger partial charge in [0.05, 0.1) is 5.69 Å². The second-order valence-electron chi connectivity index (χ2n) is 3.24. The van der Waals surface area contributed by atoms with Crippen molar-refractivity contribution in [3.05, 3.63) is 29.8 Å². The van der Waals surface area contributed by atoms with Gasteiger partial charge >= 0.3 is 6.03 Å². The number of urea groups is 1. The first-order valence-corrected chi connectivity index (χ1v) is 6.28. The summed E-state index contributed by atoms with van der Waals surface area (Å²) in [5, 5.41) is 14.0. The van der Waals surface area contributed by atoms with Gasteiger partial charge in [-0.2, -0.15) is 5.26 Å². The zero-order chi connectivity index (χ0) is 13.4. The molecule has 1 aromatic carbocycles. The minimum atomic E-state index is -0.556. The van der Waals surface area contributed by atoms with Gasteiger partial charge in [-0.05, 0) is 24.0 Å². The van der Waals surface area contributed by atoms with Crippen molar-refractivity contribution in [2.75, 3.05) is 6.26 Å². The number of carbonyl (C=O) groups is 1. The molecule has 0 spiro atoms. The fourth-order valence-electron chi connectivity index (χ4n) is 1.17. The van der Waals surface area contributed by atoms with Crippen LogP contribution in [0.1, 0.15) is 5.56 Å². The Bertz CT molecular complexity index is 477. The molecule has 0 unspecified atom stereocenters. The van der Waals surface area contributed by atoms with E-state index in [-0.39, 0.29) is 0 Å². The van der Waals surface area contributed by atoms with Gasteiger partial charge in [0.1, 0.15) is 0 Å². The molecule has 7 heteroatoms. The number of amides is 2. The maximum atomic E-state index is 10.5. The summed E-state index contributed by atoms with van der Waals surface area (Å²) in [5.74, 6) is 0. The standard InChI is InChI=1S/C11H13N5OS/c1-18-11(15-7-12)16-9-4-2-8(3-5-9)6-14-10(13)17/h2-5H,6H2,1H3,(H,15,16)(H3,13,14,17). The number of thioether (sulfide) groups is 1. The van der Waals surface area contributed by atoms with Crippen LogP contribution in [0.15, 0.2) is 29.3 Å². The first kappa shape index (κ1) is 13.9. The molecule has 0 aromatic heterocycles. The van der Waals surface area contributed by atoms with Crippen LogP contribution in [0.3, 0.4) is 0 Å². The van der Waals surface area contributed by atoms with Gasteiger partial charge in [0.15, 0.2) is 11.4 Å². The number of aliphatic imine (C=N–C) groups is 1. The molecule has 0 atom stereocenters. The summed E-state index contributed by atoms with van der Waals surface area (Å²) < 4.78 is 0. The minimum Gasteiger partial charge on any atom is -0.352 e. The Kier molecular flexibility index (Phi) is 5.54. The van der Waals surface area contributed by atoms with E-state index in [2.05, 4.69) is 15.6 Å². The lowest BCUT2D eigenvalue weighted by Gasteiger charge is -2.03. The number of primary amides is 1. The Morgan fingerprint density at radius 3 is 2.67 bits per heavy atom. The number of benzene rings is 1. The van der Waals surface area contributed by atoms with Crippen molar-refractivity contribution >= 4 is 28.6 Å². The van der Waals surface area contributed by atoms with Crippen molar-refractivity contribution in [2.45, 2.75) is 6.54 Å². The molecule has 0 bridgehead atoms. The zero-order valence-corrected chi connectivity index (χ0v) is 10.6. The SMILES string of the molecule is CSC(=Nc1ccc(CNC(N)=O)cc1)NC#N. The molecule has 94 valence electrons. The molecule has 0 radical (unpaired) electrons. The second kappa shape index (κ2) is 7.19. The van der Waals surface area contributed by atoms with Crippen molar-refractivity contribution in [3.8, 4) is 6.19 Å². The molecule has 0 saturated heterocycles. The molecule has 18 heavy (non-hydrogen) atoms. The van der Waals surface area contributed by atoms with Crippen LogP contribution in [0.25, 0.3) is 0 Å². The molecule has 4 N–H and O–H groups in total. The summed E-state index contributed by atoms with van der Waals surface area (Å²) >= 11 is 1.35. The average molecular weight is 263 g/mol. The average Bonchev–Trinajstić information content (AvgIpc) is 2.37. The Labute approximate surface area is 109 Å². The number of amidine groups is 1. The zero-order valence-electron chi connectivity index (χ0n) is 9.80. The second-order valence-corrected chi connectivity index (χ2v) is 4.04. The quantitative estimate of drug-likeness (QED) is 0.331. The van der Waals surface area contributed by atoms with E-state index >= 15 is 0 Å². The number of nitrogens with two attached hydrogens (primary N) is 1. The van der Waals surface area contributed by atoms with E-state index in [0.717, 1.165) is 11.3 Å². The van der Waals surface area contributed by atoms with E-state index in [1.54, 1.807) is 12.1 Å². The van der Waals surface area contributed by atoms with Crippen LogP contribution in [0.5, 0.6) is 0 Å². The van der Waals surface area contributed by atoms with Crippen LogP contribution in [-0.4, -0.2) is 17.5 Å². The van der Waals surface area contributed by atoms with E-state index in [1.165, 1.54) is 11.8 Å². The molecule has 0 fully saturated rings. The highest BCUT2D eigenvalue weighted by molar-refractivity contribution is 8.13. The van der Waals surface area contributed by atoms with E-state index in [0.29, 0.717) is 11.7 Å². The fourth-order valence-corrected chi connectivity index (χ4v) is 1.51. The first-order chi connectivity index (χ1) is 8.65. The fraction of sp³-hybridized carbons (Fsp3) is 0.182. The number of rotatable bonds is 3. The lowest BCUT2D eigenvalue weighted by atomic mass is 10.2. The number of carbonyl (C=O) groups excluding carboxylic acids is 1. The van der Waals surface area contributed by atoms with E-state index in [4.69, 9.17) is 11.0 Å². The van der Waals surface area contributed by atoms with Crippen LogP contribution >= 0.6 is 11.8 Å². The van der Waals surface area contributed by atoms with Gasteiger partial charge in [0.25, 0.3) is 0 Å². The van der Waals surface area contributed by atoms with Crippen molar-refractivity contribution in [1.82, 2.24) is 10.6 Å². The Morgan fingerprint density at radius 2 is 2.17 bits per heavy atom. The van der Waals surface area contributed by atoms with Gasteiger partial charge in [-0.15, -0.1) is 0 Å². The summed E-state index contributed by atoms with van der Waals surface area (Å²) in [5.41, 5.74) is 6.62. The number of hydrogen-bond acceptors (Lipinski definition) is 4. The van der Waals surface area contributed by atoms with Gasteiger partial charge in [-0.25, -0.2) is 9.79 Å². The van der Waals surface area contributed by atoms with Crippen molar-refractivity contribution in [2.24, 2.45) is 10.7 Å². The lowest BCUT2D eigenvalue weighted by molar-refractivity contribution is 0.248. The van der Waals surface area contributed by atoms with Crippen molar-refractivity contribution < 1.29 is 4.79 Å². The largest absolute Gasteiger partial charge is 0.352 e. The monoisotopic (exact) mass is 263 g/mol. The Morgan fingerprint density at radius 1 is 1.50 bits per heavy atom. The van der Waals surface area contributed by atoms with E-state index in [9.17, 15) is 4.79 Å². The first-order valence-electron chi connectivity index (χ1n) is 5.05. The van der Waals surface area contributed by atoms with E-state index in [1.807, 2.05) is 24.6 Å². The summed E-state index contributed by atoms with van der Waals surface area (Å²) in [6, 6.07) is 6.71. The molecule has 1 rings (SSSR count). The molecule has 0 saturated carbocycles. The normalized spacial score (nSPS) is 10.6. The maximum absolute atomic E-state index is 10.5. The lowest BCUT2D eigenvalue weighted by Crippen LogP contribution is -2.28. The number of nitrogens with one attached hydrogen (secondary N) is 2. The molecular weight excluding hydrogens is 250 g/mol. The predicted molar refractivity (Wildman–Crippen MR) is 72.2 cm³/mol. The molecule has 6 nitrogen and oxygen atoms in total. The third-order valence-corrected chi connectivity index (χ3v) is 2.57. The molecular formula is C11H13N5OS. The van der Waals surface area contributed by atoms with Crippen LogP contribution in [0.4, 0.5) is 10.5 Å². The van der Waals surface area contributed by atoms with Gasteiger partial charge in [0, 0.05) is 6.54 Å². The molecule has 0 aliphatic rings. The highest BCUT2D eigenvalue weighted by Gasteiger charge is 1.98. The van der Waals surface area contributed by atoms with Gasteiger partial charge in [-0.3, -0.25) is 5.32 Å². The topological polar surface area (TPSA) is 103 Å². The van der Waals surface area contributed by atoms with Gasteiger partial charge in [0.2, 0.25) is 0 Å². The Hall–Kier alpha value is -2.20.